The lowest BCUT2D eigenvalue weighted by molar-refractivity contribution is -0.0761. The van der Waals surface area contributed by atoms with Crippen molar-refractivity contribution in [2.45, 2.75) is 6.92 Å². The van der Waals surface area contributed by atoms with Crippen LogP contribution in [-0.4, -0.2) is 30.1 Å². The third-order valence-corrected chi connectivity index (χ3v) is 2.04. The van der Waals surface area contributed by atoms with Crippen LogP contribution in [0.15, 0.2) is 12.1 Å². The predicted molar refractivity (Wildman–Crippen MR) is 53.1 cm³/mol. The molecule has 1 heterocycles. The Bertz CT molecular complexity index is 355. The fourth-order valence-electron chi connectivity index (χ4n) is 0.953. The van der Waals surface area contributed by atoms with Crippen LogP contribution in [0.5, 0.6) is 0 Å². The Kier molecular flexibility index (Phi) is 3.43. The second kappa shape index (κ2) is 4.39. The summed E-state index contributed by atoms with van der Waals surface area (Å²) in [5.41, 5.74) is 1.07. The fraction of sp³-hybridized carbons (Fsp3) is 0.333. The summed E-state index contributed by atoms with van der Waals surface area (Å²) >= 11 is 5.69. The standard InChI is InChI=1S/C9H11ClN2O2/c1-6-4-5-7(10)11-8(6)9(13)12(2)14-3/h4-5H,1-3H3. The molecule has 0 aliphatic carbocycles. The fourth-order valence-corrected chi connectivity index (χ4v) is 1.10. The predicted octanol–water partition coefficient (Wildman–Crippen LogP) is 1.68. The van der Waals surface area contributed by atoms with Crippen molar-refractivity contribution >= 4 is 17.5 Å². The minimum atomic E-state index is -0.312. The molecule has 0 bridgehead atoms. The van der Waals surface area contributed by atoms with E-state index in [0.29, 0.717) is 10.8 Å². The van der Waals surface area contributed by atoms with Crippen molar-refractivity contribution in [1.29, 1.82) is 0 Å². The third kappa shape index (κ3) is 2.21. The highest BCUT2D eigenvalue weighted by Crippen LogP contribution is 2.12. The molecule has 0 atom stereocenters. The highest BCUT2D eigenvalue weighted by Gasteiger charge is 2.15. The summed E-state index contributed by atoms with van der Waals surface area (Å²) in [6.45, 7) is 1.79. The molecule has 0 aliphatic rings. The van der Waals surface area contributed by atoms with E-state index < -0.39 is 0 Å². The molecule has 1 amide bonds. The Balaban J connectivity index is 3.06. The molecule has 0 saturated carbocycles. The van der Waals surface area contributed by atoms with Crippen molar-refractivity contribution in [1.82, 2.24) is 10.0 Å². The number of hydroxylamine groups is 2. The number of carbonyl (C=O) groups excluding carboxylic acids is 1. The molecule has 4 nitrogen and oxygen atoms in total. The first-order chi connectivity index (χ1) is 6.56. The molecule has 5 heteroatoms. The number of pyridine rings is 1. The van der Waals surface area contributed by atoms with Crippen molar-refractivity contribution in [3.8, 4) is 0 Å². The molecule has 76 valence electrons. The van der Waals surface area contributed by atoms with E-state index in [9.17, 15) is 4.79 Å². The van der Waals surface area contributed by atoms with Crippen LogP contribution in [0, 0.1) is 6.92 Å². The maximum absolute atomic E-state index is 11.6. The molecule has 1 rings (SSSR count). The molecule has 14 heavy (non-hydrogen) atoms. The number of aromatic nitrogens is 1. The zero-order valence-electron chi connectivity index (χ0n) is 8.24. The number of hydrogen-bond acceptors (Lipinski definition) is 3. The molecular formula is C9H11ClN2O2. The largest absolute Gasteiger partial charge is 0.296 e. The second-order valence-electron chi connectivity index (χ2n) is 2.78. The lowest BCUT2D eigenvalue weighted by Gasteiger charge is -2.14. The van der Waals surface area contributed by atoms with Crippen LogP contribution in [-0.2, 0) is 4.84 Å². The number of hydrogen-bond donors (Lipinski definition) is 0. The second-order valence-corrected chi connectivity index (χ2v) is 3.17. The van der Waals surface area contributed by atoms with E-state index in [-0.39, 0.29) is 5.91 Å². The SMILES string of the molecule is CON(C)C(=O)c1nc(Cl)ccc1C. The smallest absolute Gasteiger partial charge is 0.274 e. The average Bonchev–Trinajstić information content (AvgIpc) is 2.19. The lowest BCUT2D eigenvalue weighted by atomic mass is 10.2. The van der Waals surface area contributed by atoms with Crippen LogP contribution >= 0.6 is 11.6 Å². The van der Waals surface area contributed by atoms with Crippen molar-refractivity contribution in [3.05, 3.63) is 28.5 Å². The van der Waals surface area contributed by atoms with E-state index in [4.69, 9.17) is 16.4 Å². The van der Waals surface area contributed by atoms with Crippen LogP contribution < -0.4 is 0 Å². The molecule has 0 fully saturated rings. The van der Waals surface area contributed by atoms with Crippen molar-refractivity contribution in [3.63, 3.8) is 0 Å². The van der Waals surface area contributed by atoms with Gasteiger partial charge in [0.05, 0.1) is 7.11 Å². The molecule has 1 aromatic heterocycles. The van der Waals surface area contributed by atoms with Crippen LogP contribution in [0.3, 0.4) is 0 Å². The van der Waals surface area contributed by atoms with Crippen molar-refractivity contribution < 1.29 is 9.63 Å². The summed E-state index contributed by atoms with van der Waals surface area (Å²) in [5.74, 6) is -0.312. The first-order valence-corrected chi connectivity index (χ1v) is 4.39. The molecule has 0 spiro atoms. The average molecular weight is 215 g/mol. The van der Waals surface area contributed by atoms with Crippen LogP contribution in [0.25, 0.3) is 0 Å². The summed E-state index contributed by atoms with van der Waals surface area (Å²) in [4.78, 5) is 20.3. The number of rotatable bonds is 2. The maximum atomic E-state index is 11.6. The summed E-state index contributed by atoms with van der Waals surface area (Å²) in [7, 11) is 2.93. The summed E-state index contributed by atoms with van der Waals surface area (Å²) in [5, 5.41) is 1.40. The molecular weight excluding hydrogens is 204 g/mol. The first kappa shape index (κ1) is 10.9. The molecule has 0 aliphatic heterocycles. The molecule has 1 aromatic rings. The topological polar surface area (TPSA) is 42.4 Å². The van der Waals surface area contributed by atoms with Crippen molar-refractivity contribution in [2.24, 2.45) is 0 Å². The summed E-state index contributed by atoms with van der Waals surface area (Å²) in [6.07, 6.45) is 0. The van der Waals surface area contributed by atoms with Gasteiger partial charge in [-0.1, -0.05) is 17.7 Å². The maximum Gasteiger partial charge on any atom is 0.296 e. The van der Waals surface area contributed by atoms with E-state index in [1.807, 2.05) is 0 Å². The molecule has 0 radical (unpaired) electrons. The molecule has 0 aromatic carbocycles. The zero-order chi connectivity index (χ0) is 10.7. The van der Waals surface area contributed by atoms with Gasteiger partial charge in [0.15, 0.2) is 0 Å². The molecule has 0 unspecified atom stereocenters. The number of carbonyl (C=O) groups is 1. The number of aryl methyl sites for hydroxylation is 1. The van der Waals surface area contributed by atoms with Gasteiger partial charge in [-0.25, -0.2) is 10.0 Å². The van der Waals surface area contributed by atoms with Gasteiger partial charge in [0.25, 0.3) is 5.91 Å². The number of nitrogens with zero attached hydrogens (tertiary/aromatic N) is 2. The minimum absolute atomic E-state index is 0.295. The normalized spacial score (nSPS) is 10.0. The van der Waals surface area contributed by atoms with Crippen LogP contribution in [0.4, 0.5) is 0 Å². The van der Waals surface area contributed by atoms with Gasteiger partial charge in [-0.05, 0) is 18.6 Å². The zero-order valence-corrected chi connectivity index (χ0v) is 9.00. The molecule has 0 N–H and O–H groups in total. The van der Waals surface area contributed by atoms with Gasteiger partial charge in [-0.2, -0.15) is 0 Å². The Morgan fingerprint density at radius 3 is 2.79 bits per heavy atom. The van der Waals surface area contributed by atoms with Crippen LogP contribution in [0.1, 0.15) is 16.1 Å². The van der Waals surface area contributed by atoms with E-state index in [0.717, 1.165) is 10.6 Å². The highest BCUT2D eigenvalue weighted by atomic mass is 35.5. The monoisotopic (exact) mass is 214 g/mol. The van der Waals surface area contributed by atoms with E-state index in [2.05, 4.69) is 4.98 Å². The van der Waals surface area contributed by atoms with Gasteiger partial charge in [0.2, 0.25) is 0 Å². The Morgan fingerprint density at radius 2 is 2.21 bits per heavy atom. The van der Waals surface area contributed by atoms with Crippen LogP contribution in [0.2, 0.25) is 5.15 Å². The first-order valence-electron chi connectivity index (χ1n) is 4.01. The van der Waals surface area contributed by atoms with E-state index in [1.54, 1.807) is 19.1 Å². The Labute approximate surface area is 87.4 Å². The van der Waals surface area contributed by atoms with Gasteiger partial charge < -0.3 is 0 Å². The third-order valence-electron chi connectivity index (χ3n) is 1.83. The lowest BCUT2D eigenvalue weighted by Crippen LogP contribution is -2.27. The van der Waals surface area contributed by atoms with Crippen molar-refractivity contribution in [2.75, 3.05) is 14.2 Å². The Hall–Kier alpha value is -1.13. The summed E-state index contributed by atoms with van der Waals surface area (Å²) in [6, 6.07) is 3.38. The Morgan fingerprint density at radius 1 is 1.57 bits per heavy atom. The number of amides is 1. The van der Waals surface area contributed by atoms with Gasteiger partial charge in [-0.3, -0.25) is 9.63 Å². The number of halogens is 1. The van der Waals surface area contributed by atoms with Gasteiger partial charge in [-0.15, -0.1) is 0 Å². The van der Waals surface area contributed by atoms with Gasteiger partial charge in [0.1, 0.15) is 10.8 Å². The van der Waals surface area contributed by atoms with E-state index >= 15 is 0 Å². The quantitative estimate of drug-likeness (QED) is 0.556. The van der Waals surface area contributed by atoms with Gasteiger partial charge >= 0.3 is 0 Å². The van der Waals surface area contributed by atoms with Gasteiger partial charge in [0, 0.05) is 7.05 Å². The summed E-state index contributed by atoms with van der Waals surface area (Å²) < 4.78 is 0. The van der Waals surface area contributed by atoms with E-state index in [1.165, 1.54) is 14.2 Å². The minimum Gasteiger partial charge on any atom is -0.274 e. The molecule has 0 saturated heterocycles. The highest BCUT2D eigenvalue weighted by molar-refractivity contribution is 6.29.